The lowest BCUT2D eigenvalue weighted by Gasteiger charge is -2.20. The van der Waals surface area contributed by atoms with Crippen LogP contribution in [0.2, 0.25) is 0 Å². The normalized spacial score (nSPS) is 13.2. The van der Waals surface area contributed by atoms with Gasteiger partial charge in [0.15, 0.2) is 5.96 Å². The number of carbonyl (C=O) groups is 1. The number of ether oxygens (including phenoxy) is 1. The number of aliphatic imine (C=N–C) groups is 1. The number of hydrogen-bond acceptors (Lipinski definition) is 4. The van der Waals surface area contributed by atoms with Gasteiger partial charge in [-0.3, -0.25) is 9.67 Å². The van der Waals surface area contributed by atoms with Crippen LogP contribution in [0.4, 0.5) is 4.79 Å². The van der Waals surface area contributed by atoms with E-state index in [0.717, 1.165) is 31.2 Å². The van der Waals surface area contributed by atoms with Crippen molar-refractivity contribution in [2.24, 2.45) is 10.9 Å². The van der Waals surface area contributed by atoms with Gasteiger partial charge in [0.25, 0.3) is 0 Å². The van der Waals surface area contributed by atoms with Gasteiger partial charge in [0.1, 0.15) is 5.60 Å². The monoisotopic (exact) mass is 380 g/mol. The van der Waals surface area contributed by atoms with Crippen molar-refractivity contribution in [3.05, 3.63) is 17.5 Å². The third-order valence-corrected chi connectivity index (χ3v) is 3.74. The first kappa shape index (κ1) is 22.8. The van der Waals surface area contributed by atoms with E-state index in [1.165, 1.54) is 5.69 Å². The second kappa shape index (κ2) is 10.8. The van der Waals surface area contributed by atoms with E-state index in [2.05, 4.69) is 46.0 Å². The number of alkyl carbamates (subject to hydrolysis) is 1. The van der Waals surface area contributed by atoms with Gasteiger partial charge in [0, 0.05) is 38.9 Å². The molecule has 0 radical (unpaired) electrons. The average Bonchev–Trinajstić information content (AvgIpc) is 2.85. The average molecular weight is 381 g/mol. The smallest absolute Gasteiger partial charge is 0.407 e. The van der Waals surface area contributed by atoms with E-state index in [0.29, 0.717) is 19.0 Å². The first-order valence-corrected chi connectivity index (χ1v) is 9.53. The molecule has 1 rings (SSSR count). The number of guanidine groups is 1. The SMILES string of the molecule is CN=C(NCCCNC(=O)OC(C)(C)C)NCC(C)Cn1nc(C)cc1C. The lowest BCUT2D eigenvalue weighted by atomic mass is 10.2. The van der Waals surface area contributed by atoms with Crippen LogP contribution in [0.1, 0.15) is 45.5 Å². The minimum absolute atomic E-state index is 0.386. The zero-order chi connectivity index (χ0) is 20.4. The molecule has 8 nitrogen and oxygen atoms in total. The summed E-state index contributed by atoms with van der Waals surface area (Å²) in [6.07, 6.45) is 0.393. The molecule has 154 valence electrons. The van der Waals surface area contributed by atoms with Crippen LogP contribution >= 0.6 is 0 Å². The quantitative estimate of drug-likeness (QED) is 0.365. The molecule has 1 heterocycles. The number of aromatic nitrogens is 2. The highest BCUT2D eigenvalue weighted by molar-refractivity contribution is 5.79. The van der Waals surface area contributed by atoms with Gasteiger partial charge >= 0.3 is 6.09 Å². The molecule has 0 aliphatic carbocycles. The van der Waals surface area contributed by atoms with Crippen LogP contribution < -0.4 is 16.0 Å². The lowest BCUT2D eigenvalue weighted by Crippen LogP contribution is -2.41. The van der Waals surface area contributed by atoms with Crippen LogP contribution in [0.15, 0.2) is 11.1 Å². The van der Waals surface area contributed by atoms with Gasteiger partial charge in [-0.25, -0.2) is 4.79 Å². The highest BCUT2D eigenvalue weighted by Crippen LogP contribution is 2.06. The number of nitrogens with zero attached hydrogens (tertiary/aromatic N) is 3. The third-order valence-electron chi connectivity index (χ3n) is 3.74. The van der Waals surface area contributed by atoms with Crippen molar-refractivity contribution in [2.45, 2.75) is 60.1 Å². The Labute approximate surface area is 163 Å². The first-order chi connectivity index (χ1) is 12.6. The van der Waals surface area contributed by atoms with Gasteiger partial charge in [0.05, 0.1) is 5.69 Å². The molecule has 0 aromatic carbocycles. The summed E-state index contributed by atoms with van der Waals surface area (Å²) in [5.74, 6) is 1.17. The molecule has 27 heavy (non-hydrogen) atoms. The van der Waals surface area contributed by atoms with Gasteiger partial charge < -0.3 is 20.7 Å². The molecule has 0 aliphatic rings. The minimum Gasteiger partial charge on any atom is -0.444 e. The fraction of sp³-hybridized carbons (Fsp3) is 0.737. The molecular formula is C19H36N6O2. The van der Waals surface area contributed by atoms with E-state index in [4.69, 9.17) is 4.74 Å². The first-order valence-electron chi connectivity index (χ1n) is 9.53. The summed E-state index contributed by atoms with van der Waals surface area (Å²) in [7, 11) is 1.75. The van der Waals surface area contributed by atoms with Crippen molar-refractivity contribution in [3.8, 4) is 0 Å². The van der Waals surface area contributed by atoms with E-state index in [1.807, 2.05) is 32.4 Å². The third kappa shape index (κ3) is 9.86. The van der Waals surface area contributed by atoms with Crippen molar-refractivity contribution >= 4 is 12.1 Å². The Morgan fingerprint density at radius 3 is 2.48 bits per heavy atom. The maximum atomic E-state index is 11.6. The summed E-state index contributed by atoms with van der Waals surface area (Å²) in [5, 5.41) is 13.8. The Kier molecular flexibility index (Phi) is 9.11. The fourth-order valence-electron chi connectivity index (χ4n) is 2.51. The maximum absolute atomic E-state index is 11.6. The van der Waals surface area contributed by atoms with Gasteiger partial charge in [-0.1, -0.05) is 6.92 Å². The summed E-state index contributed by atoms with van der Waals surface area (Å²) >= 11 is 0. The zero-order valence-corrected chi connectivity index (χ0v) is 17.8. The van der Waals surface area contributed by atoms with Crippen molar-refractivity contribution in [2.75, 3.05) is 26.7 Å². The van der Waals surface area contributed by atoms with E-state index in [9.17, 15) is 4.79 Å². The predicted molar refractivity (Wildman–Crippen MR) is 109 cm³/mol. The summed E-state index contributed by atoms with van der Waals surface area (Å²) < 4.78 is 7.24. The Morgan fingerprint density at radius 1 is 1.26 bits per heavy atom. The van der Waals surface area contributed by atoms with Crippen LogP contribution in [0.25, 0.3) is 0 Å². The summed E-state index contributed by atoms with van der Waals surface area (Å²) in [6, 6.07) is 2.09. The van der Waals surface area contributed by atoms with Crippen LogP contribution in [0.5, 0.6) is 0 Å². The van der Waals surface area contributed by atoms with Crippen LogP contribution in [0.3, 0.4) is 0 Å². The van der Waals surface area contributed by atoms with Crippen LogP contribution in [0, 0.1) is 19.8 Å². The predicted octanol–water partition coefficient (Wildman–Crippen LogP) is 2.22. The number of nitrogens with one attached hydrogen (secondary N) is 3. The summed E-state index contributed by atoms with van der Waals surface area (Å²) in [6.45, 7) is 14.7. The van der Waals surface area contributed by atoms with Crippen LogP contribution in [-0.4, -0.2) is 54.1 Å². The molecule has 3 N–H and O–H groups in total. The van der Waals surface area contributed by atoms with E-state index < -0.39 is 5.60 Å². The van der Waals surface area contributed by atoms with Gasteiger partial charge in [0.2, 0.25) is 0 Å². The number of hydrogen-bond donors (Lipinski definition) is 3. The van der Waals surface area contributed by atoms with Crippen molar-refractivity contribution in [3.63, 3.8) is 0 Å². The minimum atomic E-state index is -0.474. The second-order valence-electron chi connectivity index (χ2n) is 7.88. The van der Waals surface area contributed by atoms with Crippen molar-refractivity contribution < 1.29 is 9.53 Å². The topological polar surface area (TPSA) is 92.6 Å². The Hall–Kier alpha value is -2.25. The molecule has 0 bridgehead atoms. The second-order valence-corrected chi connectivity index (χ2v) is 7.88. The lowest BCUT2D eigenvalue weighted by molar-refractivity contribution is 0.0527. The van der Waals surface area contributed by atoms with Crippen molar-refractivity contribution in [1.29, 1.82) is 0 Å². The molecule has 1 aromatic heterocycles. The molecule has 1 amide bonds. The standard InChI is InChI=1S/C19H36N6O2/c1-14(13-25-16(3)11-15(2)24-25)12-23-17(20-7)21-9-8-10-22-18(26)27-19(4,5)6/h11,14H,8-10,12-13H2,1-7H3,(H,22,26)(H2,20,21,23). The van der Waals surface area contributed by atoms with Gasteiger partial charge in [-0.15, -0.1) is 0 Å². The van der Waals surface area contributed by atoms with Gasteiger partial charge in [-0.2, -0.15) is 5.10 Å². The molecule has 0 aliphatic heterocycles. The molecule has 1 aromatic rings. The molecule has 1 atom stereocenters. The Morgan fingerprint density at radius 2 is 1.93 bits per heavy atom. The molecule has 1 unspecified atom stereocenters. The highest BCUT2D eigenvalue weighted by Gasteiger charge is 2.15. The largest absolute Gasteiger partial charge is 0.444 e. The molecule has 0 saturated carbocycles. The number of carbonyl (C=O) groups excluding carboxylic acids is 1. The molecule has 0 fully saturated rings. The summed E-state index contributed by atoms with van der Waals surface area (Å²) in [4.78, 5) is 15.8. The van der Waals surface area contributed by atoms with E-state index >= 15 is 0 Å². The summed E-state index contributed by atoms with van der Waals surface area (Å²) in [5.41, 5.74) is 1.75. The Balaban J connectivity index is 2.21. The molecule has 0 saturated heterocycles. The number of rotatable bonds is 8. The van der Waals surface area contributed by atoms with Gasteiger partial charge in [-0.05, 0) is 53.0 Å². The molecule has 8 heteroatoms. The highest BCUT2D eigenvalue weighted by atomic mass is 16.6. The molecular weight excluding hydrogens is 344 g/mol. The fourth-order valence-corrected chi connectivity index (χ4v) is 2.51. The zero-order valence-electron chi connectivity index (χ0n) is 17.8. The Bertz CT molecular complexity index is 618. The number of amides is 1. The molecule has 0 spiro atoms. The van der Waals surface area contributed by atoms with E-state index in [-0.39, 0.29) is 6.09 Å². The maximum Gasteiger partial charge on any atom is 0.407 e. The van der Waals surface area contributed by atoms with Crippen LogP contribution in [-0.2, 0) is 11.3 Å². The van der Waals surface area contributed by atoms with E-state index in [1.54, 1.807) is 7.05 Å². The number of aryl methyl sites for hydroxylation is 2. The van der Waals surface area contributed by atoms with Crippen molar-refractivity contribution in [1.82, 2.24) is 25.7 Å².